The highest BCUT2D eigenvalue weighted by Gasteiger charge is 2.65. The van der Waals surface area contributed by atoms with E-state index >= 15 is 0 Å². The van der Waals surface area contributed by atoms with Crippen molar-refractivity contribution >= 4 is 23.2 Å². The number of carbonyl (C=O) groups excluding carboxylic acids is 1. The van der Waals surface area contributed by atoms with Gasteiger partial charge in [-0.3, -0.25) is 20.2 Å². The summed E-state index contributed by atoms with van der Waals surface area (Å²) in [7, 11) is 1.64. The van der Waals surface area contributed by atoms with Gasteiger partial charge in [-0.05, 0) is 90.6 Å². The molecule has 0 unspecified atom stereocenters. The number of likely N-dealkylation sites (N-methyl/N-ethyl adjacent to an activating group) is 1. The van der Waals surface area contributed by atoms with Crippen LogP contribution in [0, 0.1) is 38.0 Å². The molecule has 1 aliphatic heterocycles. The highest BCUT2D eigenvalue weighted by atomic mass is 16.7. The second-order valence-electron chi connectivity index (χ2n) is 16.5. The zero-order valence-electron chi connectivity index (χ0n) is 36.2. The van der Waals surface area contributed by atoms with E-state index in [0.717, 1.165) is 29.5 Å². The number of fused-ring (bicyclic) bond motifs is 2. The van der Waals surface area contributed by atoms with Crippen LogP contribution in [0.15, 0.2) is 127 Å². The van der Waals surface area contributed by atoms with Gasteiger partial charge in [0.15, 0.2) is 0 Å². The standard InChI is InChI=1S/C49H54N4O12/c1-3-26-62-49-45(51(2)48(56)61-31-33-12-5-4-6-13-33)30-43(50-63-32-34-18-20-36(21-19-34)52(57)58)41-27-35(14-7-9-24-54)40(17-8-10-25-55)46(47(41)49)42-29-39(22-23-44(42)65-49)64-38-16-11-15-37(28-38)53(59)60/h3-6,11-13,15-16,18-23,27-29,35,40,45-47,54-55H,1,7-10,14,17,24-26,30-32H2,2H3/t35-,40+,45-,46+,47+,49+/m0/s1. The van der Waals surface area contributed by atoms with Crippen molar-refractivity contribution in [3.63, 3.8) is 0 Å². The van der Waals surface area contributed by atoms with Crippen molar-refractivity contribution in [2.75, 3.05) is 26.9 Å². The van der Waals surface area contributed by atoms with Crippen molar-refractivity contribution in [1.82, 2.24) is 4.90 Å². The smallest absolute Gasteiger partial charge is 0.410 e. The Balaban J connectivity index is 1.38. The summed E-state index contributed by atoms with van der Waals surface area (Å²) in [5, 5.41) is 47.6. The number of ether oxygens (including phenoxy) is 4. The molecule has 0 radical (unpaired) electrons. The van der Waals surface area contributed by atoms with Gasteiger partial charge >= 0.3 is 6.09 Å². The molecule has 16 nitrogen and oxygen atoms in total. The van der Waals surface area contributed by atoms with E-state index in [1.54, 1.807) is 49.5 Å². The predicted octanol–water partition coefficient (Wildman–Crippen LogP) is 9.40. The molecule has 6 atom stereocenters. The summed E-state index contributed by atoms with van der Waals surface area (Å²) in [6.07, 6.45) is 7.38. The molecule has 4 aromatic carbocycles. The van der Waals surface area contributed by atoms with E-state index < -0.39 is 33.7 Å². The second-order valence-corrected chi connectivity index (χ2v) is 16.5. The molecule has 1 heterocycles. The van der Waals surface area contributed by atoms with Gasteiger partial charge in [-0.15, -0.1) is 6.58 Å². The van der Waals surface area contributed by atoms with Gasteiger partial charge < -0.3 is 38.9 Å². The molecule has 0 spiro atoms. The van der Waals surface area contributed by atoms with Crippen molar-refractivity contribution < 1.29 is 48.6 Å². The van der Waals surface area contributed by atoms with Crippen LogP contribution in [-0.4, -0.2) is 75.5 Å². The maximum atomic E-state index is 14.2. The lowest BCUT2D eigenvalue weighted by molar-refractivity contribution is -0.385. The summed E-state index contributed by atoms with van der Waals surface area (Å²) in [6.45, 7) is 4.10. The van der Waals surface area contributed by atoms with Crippen LogP contribution >= 0.6 is 0 Å². The molecule has 4 aromatic rings. The third kappa shape index (κ3) is 10.5. The minimum absolute atomic E-state index is 0.00198. The van der Waals surface area contributed by atoms with Crippen LogP contribution in [0.1, 0.15) is 67.6 Å². The van der Waals surface area contributed by atoms with Crippen LogP contribution in [0.25, 0.3) is 0 Å². The summed E-state index contributed by atoms with van der Waals surface area (Å²) in [5.41, 5.74) is 3.43. The first-order chi connectivity index (χ1) is 31.6. The number of hydrogen-bond acceptors (Lipinski definition) is 13. The molecule has 0 aromatic heterocycles. The van der Waals surface area contributed by atoms with Crippen LogP contribution in [0.3, 0.4) is 0 Å². The summed E-state index contributed by atoms with van der Waals surface area (Å²) >= 11 is 0. The molecule has 3 aliphatic rings. The Bertz CT molecular complexity index is 2370. The fraction of sp³-hybridized carbons (Fsp3) is 0.388. The van der Waals surface area contributed by atoms with Crippen LogP contribution in [0.5, 0.6) is 17.2 Å². The molecule has 1 fully saturated rings. The van der Waals surface area contributed by atoms with Crippen molar-refractivity contribution in [3.8, 4) is 17.2 Å². The number of aliphatic hydroxyl groups is 2. The van der Waals surface area contributed by atoms with Gasteiger partial charge in [-0.25, -0.2) is 4.79 Å². The van der Waals surface area contributed by atoms with Crippen LogP contribution in [0.4, 0.5) is 16.2 Å². The SMILES string of the molecule is C=CCO[C@@]12Oc3ccc(Oc4cccc([N+](=O)[O-])c4)cc3[C@H]3[C@H](CCCCO)[C@@H](CCCCO)C=C(C(=NOCc4ccc([N+](=O)[O-])cc4)C[C@@H]1N(C)C(=O)OCc1ccccc1)[C@H]32. The van der Waals surface area contributed by atoms with E-state index in [0.29, 0.717) is 48.5 Å². The average Bonchev–Trinajstić information content (AvgIpc) is 3.31. The largest absolute Gasteiger partial charge is 0.459 e. The Morgan fingerprint density at radius 2 is 1.58 bits per heavy atom. The normalized spacial score (nSPS) is 22.4. The highest BCUT2D eigenvalue weighted by Crippen LogP contribution is 2.62. The van der Waals surface area contributed by atoms with E-state index in [1.807, 2.05) is 36.4 Å². The number of aliphatic hydroxyl groups excluding tert-OH is 2. The van der Waals surface area contributed by atoms with E-state index in [2.05, 4.69) is 12.7 Å². The minimum Gasteiger partial charge on any atom is -0.459 e. The number of non-ortho nitro benzene ring substituents is 2. The number of benzene rings is 4. The topological polar surface area (TPSA) is 206 Å². The highest BCUT2D eigenvalue weighted by molar-refractivity contribution is 6.03. The molecule has 2 N–H and O–H groups in total. The average molecular weight is 891 g/mol. The quantitative estimate of drug-likeness (QED) is 0.0347. The van der Waals surface area contributed by atoms with Gasteiger partial charge in [0.2, 0.25) is 5.79 Å². The van der Waals surface area contributed by atoms with E-state index in [4.69, 9.17) is 28.9 Å². The first-order valence-corrected chi connectivity index (χ1v) is 21.9. The van der Waals surface area contributed by atoms with Crippen molar-refractivity contribution in [2.45, 2.75) is 75.9 Å². The van der Waals surface area contributed by atoms with E-state index in [-0.39, 0.29) is 74.3 Å². The molecule has 0 saturated heterocycles. The Labute approximate surface area is 377 Å². The number of hydrogen-bond donors (Lipinski definition) is 2. The first kappa shape index (κ1) is 46.4. The molecule has 1 saturated carbocycles. The molecule has 65 heavy (non-hydrogen) atoms. The van der Waals surface area contributed by atoms with Crippen molar-refractivity contribution in [3.05, 3.63) is 158 Å². The summed E-state index contributed by atoms with van der Waals surface area (Å²) in [4.78, 5) is 43.8. The molecule has 2 aliphatic carbocycles. The number of unbranched alkanes of at least 4 members (excludes halogenated alkanes) is 2. The minimum atomic E-state index is -1.54. The fourth-order valence-electron chi connectivity index (χ4n) is 9.43. The molecule has 342 valence electrons. The number of nitrogens with zero attached hydrogens (tertiary/aromatic N) is 4. The lowest BCUT2D eigenvalue weighted by atomic mass is 9.55. The van der Waals surface area contributed by atoms with Gasteiger partial charge in [0.05, 0.1) is 34.1 Å². The number of amides is 1. The second kappa shape index (κ2) is 21.4. The maximum Gasteiger partial charge on any atom is 0.410 e. The molecular formula is C49H54N4O12. The number of carbonyl (C=O) groups is 1. The lowest BCUT2D eigenvalue weighted by Gasteiger charge is -2.59. The van der Waals surface area contributed by atoms with Gasteiger partial charge in [-0.1, -0.05) is 66.5 Å². The van der Waals surface area contributed by atoms with E-state index in [9.17, 15) is 35.2 Å². The van der Waals surface area contributed by atoms with Crippen LogP contribution < -0.4 is 9.47 Å². The predicted molar refractivity (Wildman–Crippen MR) is 240 cm³/mol. The van der Waals surface area contributed by atoms with Gasteiger partial charge in [0, 0.05) is 56.4 Å². The molecule has 7 rings (SSSR count). The number of rotatable bonds is 21. The van der Waals surface area contributed by atoms with Crippen molar-refractivity contribution in [1.29, 1.82) is 0 Å². The Hall–Kier alpha value is -6.62. The molecular weight excluding hydrogens is 837 g/mol. The molecule has 0 bridgehead atoms. The Morgan fingerprint density at radius 3 is 2.29 bits per heavy atom. The van der Waals surface area contributed by atoms with Crippen molar-refractivity contribution in [2.24, 2.45) is 22.9 Å². The first-order valence-electron chi connectivity index (χ1n) is 21.9. The van der Waals surface area contributed by atoms with Crippen LogP contribution in [-0.2, 0) is 27.5 Å². The Morgan fingerprint density at radius 1 is 0.877 bits per heavy atom. The Kier molecular flexibility index (Phi) is 15.2. The lowest BCUT2D eigenvalue weighted by Crippen LogP contribution is -2.69. The summed E-state index contributed by atoms with van der Waals surface area (Å²) < 4.78 is 26.3. The maximum absolute atomic E-state index is 14.2. The van der Waals surface area contributed by atoms with Crippen LogP contribution in [0.2, 0.25) is 0 Å². The monoisotopic (exact) mass is 890 g/mol. The third-order valence-corrected chi connectivity index (χ3v) is 12.4. The number of nitro groups is 2. The zero-order valence-corrected chi connectivity index (χ0v) is 36.2. The zero-order chi connectivity index (χ0) is 45.9. The molecule has 1 amide bonds. The third-order valence-electron chi connectivity index (χ3n) is 12.4. The number of nitro benzene ring substituents is 2. The molecule has 16 heteroatoms. The van der Waals surface area contributed by atoms with Gasteiger partial charge in [0.25, 0.3) is 11.4 Å². The van der Waals surface area contributed by atoms with E-state index in [1.165, 1.54) is 29.2 Å². The van der Waals surface area contributed by atoms with Gasteiger partial charge in [-0.2, -0.15) is 0 Å². The van der Waals surface area contributed by atoms with Gasteiger partial charge in [0.1, 0.15) is 36.5 Å². The summed E-state index contributed by atoms with van der Waals surface area (Å²) in [6, 6.07) is 25.9. The fourth-order valence-corrected chi connectivity index (χ4v) is 9.43. The number of oxime groups is 1. The number of allylic oxidation sites excluding steroid dienone is 1. The summed E-state index contributed by atoms with van der Waals surface area (Å²) in [5.74, 6) is -1.47.